The highest BCUT2D eigenvalue weighted by Crippen LogP contribution is 2.39. The lowest BCUT2D eigenvalue weighted by Crippen LogP contribution is -2.38. The largest absolute Gasteiger partial charge is 0.316 e. The van der Waals surface area contributed by atoms with Crippen molar-refractivity contribution < 1.29 is 0 Å². The maximum Gasteiger partial charge on any atom is 0.0712 e. The number of nitrogens with zero attached hydrogens (tertiary/aromatic N) is 2. The molecule has 1 fully saturated rings. The monoisotopic (exact) mass is 263 g/mol. The Morgan fingerprint density at radius 2 is 2.05 bits per heavy atom. The first-order valence-corrected chi connectivity index (χ1v) is 7.55. The molecule has 2 atom stereocenters. The molecule has 1 aliphatic rings. The second kappa shape index (κ2) is 5.28. The van der Waals surface area contributed by atoms with Crippen molar-refractivity contribution in [2.45, 2.75) is 52.4 Å². The SMILES string of the molecule is CC(C)C1CNCCC1c1cn(C)nc1C(C)(C)C. The number of piperidine rings is 1. The predicted molar refractivity (Wildman–Crippen MR) is 80.5 cm³/mol. The first-order chi connectivity index (χ1) is 8.80. The van der Waals surface area contributed by atoms with Crippen LogP contribution in [-0.4, -0.2) is 22.9 Å². The van der Waals surface area contributed by atoms with Crippen LogP contribution in [0, 0.1) is 11.8 Å². The van der Waals surface area contributed by atoms with Crippen molar-refractivity contribution in [3.63, 3.8) is 0 Å². The molecule has 19 heavy (non-hydrogen) atoms. The number of nitrogens with one attached hydrogen (secondary N) is 1. The summed E-state index contributed by atoms with van der Waals surface area (Å²) in [4.78, 5) is 0. The highest BCUT2D eigenvalue weighted by Gasteiger charge is 2.34. The topological polar surface area (TPSA) is 29.9 Å². The first kappa shape index (κ1) is 14.6. The second-order valence-electron chi connectivity index (χ2n) is 7.36. The molecule has 1 saturated heterocycles. The summed E-state index contributed by atoms with van der Waals surface area (Å²) in [6.45, 7) is 13.8. The van der Waals surface area contributed by atoms with Crippen molar-refractivity contribution in [2.75, 3.05) is 13.1 Å². The van der Waals surface area contributed by atoms with Gasteiger partial charge < -0.3 is 5.32 Å². The third-order valence-corrected chi connectivity index (χ3v) is 4.35. The van der Waals surface area contributed by atoms with E-state index in [2.05, 4.69) is 46.1 Å². The molecule has 0 aliphatic carbocycles. The lowest BCUT2D eigenvalue weighted by Gasteiger charge is -2.36. The first-order valence-electron chi connectivity index (χ1n) is 7.55. The van der Waals surface area contributed by atoms with Gasteiger partial charge in [-0.3, -0.25) is 4.68 Å². The van der Waals surface area contributed by atoms with Crippen LogP contribution < -0.4 is 5.32 Å². The summed E-state index contributed by atoms with van der Waals surface area (Å²) in [7, 11) is 2.05. The third-order valence-electron chi connectivity index (χ3n) is 4.35. The van der Waals surface area contributed by atoms with Gasteiger partial charge in [0.25, 0.3) is 0 Å². The Labute approximate surface area is 117 Å². The Balaban J connectivity index is 2.39. The van der Waals surface area contributed by atoms with Crippen molar-refractivity contribution in [3.05, 3.63) is 17.5 Å². The van der Waals surface area contributed by atoms with E-state index < -0.39 is 0 Å². The molecule has 0 amide bonds. The minimum atomic E-state index is 0.128. The van der Waals surface area contributed by atoms with E-state index in [0.29, 0.717) is 11.8 Å². The van der Waals surface area contributed by atoms with Gasteiger partial charge in [0.1, 0.15) is 0 Å². The van der Waals surface area contributed by atoms with E-state index in [1.54, 1.807) is 0 Å². The van der Waals surface area contributed by atoms with Gasteiger partial charge in [-0.15, -0.1) is 0 Å². The molecule has 2 unspecified atom stereocenters. The van der Waals surface area contributed by atoms with Crippen LogP contribution in [0.5, 0.6) is 0 Å². The number of aryl methyl sites for hydroxylation is 1. The van der Waals surface area contributed by atoms with Crippen LogP contribution in [-0.2, 0) is 12.5 Å². The van der Waals surface area contributed by atoms with E-state index in [4.69, 9.17) is 5.10 Å². The molecule has 3 nitrogen and oxygen atoms in total. The Kier molecular flexibility index (Phi) is 4.05. The standard InChI is InChI=1S/C16H29N3/c1-11(2)13-9-17-8-7-12(13)14-10-19(6)18-15(14)16(3,4)5/h10-13,17H,7-9H2,1-6H3. The summed E-state index contributed by atoms with van der Waals surface area (Å²) in [5.74, 6) is 2.09. The fourth-order valence-corrected chi connectivity index (χ4v) is 3.33. The molecule has 1 N–H and O–H groups in total. The van der Waals surface area contributed by atoms with Crippen molar-refractivity contribution in [1.82, 2.24) is 15.1 Å². The molecule has 108 valence electrons. The molecule has 0 radical (unpaired) electrons. The van der Waals surface area contributed by atoms with Crippen molar-refractivity contribution in [1.29, 1.82) is 0 Å². The minimum Gasteiger partial charge on any atom is -0.316 e. The Bertz CT molecular complexity index is 426. The molecule has 2 rings (SSSR count). The van der Waals surface area contributed by atoms with Crippen LogP contribution >= 0.6 is 0 Å². The van der Waals surface area contributed by atoms with Gasteiger partial charge in [0.15, 0.2) is 0 Å². The summed E-state index contributed by atoms with van der Waals surface area (Å²) in [5.41, 5.74) is 2.89. The van der Waals surface area contributed by atoms with Crippen LogP contribution in [0.15, 0.2) is 6.20 Å². The lowest BCUT2D eigenvalue weighted by molar-refractivity contribution is 0.253. The second-order valence-corrected chi connectivity index (χ2v) is 7.36. The summed E-state index contributed by atoms with van der Waals surface area (Å²) in [6, 6.07) is 0. The molecule has 0 spiro atoms. The van der Waals surface area contributed by atoms with Gasteiger partial charge in [-0.25, -0.2) is 0 Å². The smallest absolute Gasteiger partial charge is 0.0712 e. The molecular formula is C16H29N3. The Hall–Kier alpha value is -0.830. The van der Waals surface area contributed by atoms with E-state index in [0.717, 1.165) is 19.0 Å². The summed E-state index contributed by atoms with van der Waals surface area (Å²) >= 11 is 0. The maximum absolute atomic E-state index is 4.75. The lowest BCUT2D eigenvalue weighted by atomic mass is 9.73. The Morgan fingerprint density at radius 1 is 1.37 bits per heavy atom. The van der Waals surface area contributed by atoms with Crippen LogP contribution in [0.3, 0.4) is 0 Å². The number of rotatable bonds is 2. The Morgan fingerprint density at radius 3 is 2.63 bits per heavy atom. The normalized spacial score (nSPS) is 25.0. The number of hydrogen-bond acceptors (Lipinski definition) is 2. The zero-order valence-corrected chi connectivity index (χ0v) is 13.3. The quantitative estimate of drug-likeness (QED) is 0.888. The van der Waals surface area contributed by atoms with Crippen LogP contribution in [0.1, 0.15) is 58.2 Å². The number of aromatic nitrogens is 2. The molecule has 0 bridgehead atoms. The fourth-order valence-electron chi connectivity index (χ4n) is 3.33. The van der Waals surface area contributed by atoms with Crippen LogP contribution in [0.4, 0.5) is 0 Å². The van der Waals surface area contributed by atoms with E-state index in [1.165, 1.54) is 17.7 Å². The van der Waals surface area contributed by atoms with E-state index in [1.807, 2.05) is 11.7 Å². The zero-order valence-electron chi connectivity index (χ0n) is 13.3. The number of hydrogen-bond donors (Lipinski definition) is 1. The van der Waals surface area contributed by atoms with Crippen LogP contribution in [0.25, 0.3) is 0 Å². The van der Waals surface area contributed by atoms with E-state index in [-0.39, 0.29) is 5.41 Å². The fraction of sp³-hybridized carbons (Fsp3) is 0.812. The van der Waals surface area contributed by atoms with E-state index >= 15 is 0 Å². The van der Waals surface area contributed by atoms with Crippen molar-refractivity contribution >= 4 is 0 Å². The molecule has 1 aromatic rings. The summed E-state index contributed by atoms with van der Waals surface area (Å²) < 4.78 is 2.00. The maximum atomic E-state index is 4.75. The predicted octanol–water partition coefficient (Wildman–Crippen LogP) is 3.07. The van der Waals surface area contributed by atoms with Gasteiger partial charge in [-0.2, -0.15) is 5.10 Å². The highest BCUT2D eigenvalue weighted by molar-refractivity contribution is 5.29. The molecule has 3 heteroatoms. The summed E-state index contributed by atoms with van der Waals surface area (Å²) in [6.07, 6.45) is 3.49. The van der Waals surface area contributed by atoms with Gasteiger partial charge in [0, 0.05) is 18.7 Å². The van der Waals surface area contributed by atoms with Gasteiger partial charge in [-0.05, 0) is 42.8 Å². The zero-order chi connectivity index (χ0) is 14.2. The highest BCUT2D eigenvalue weighted by atomic mass is 15.3. The van der Waals surface area contributed by atoms with Gasteiger partial charge >= 0.3 is 0 Å². The molecule has 2 heterocycles. The van der Waals surface area contributed by atoms with Gasteiger partial charge in [0.2, 0.25) is 0 Å². The molecular weight excluding hydrogens is 234 g/mol. The molecule has 0 aromatic carbocycles. The molecule has 0 saturated carbocycles. The average Bonchev–Trinajstić information content (AvgIpc) is 2.71. The van der Waals surface area contributed by atoms with Gasteiger partial charge in [-0.1, -0.05) is 34.6 Å². The molecule has 1 aliphatic heterocycles. The van der Waals surface area contributed by atoms with Crippen molar-refractivity contribution in [3.8, 4) is 0 Å². The van der Waals surface area contributed by atoms with Crippen LogP contribution in [0.2, 0.25) is 0 Å². The minimum absolute atomic E-state index is 0.128. The van der Waals surface area contributed by atoms with E-state index in [9.17, 15) is 0 Å². The van der Waals surface area contributed by atoms with Crippen molar-refractivity contribution in [2.24, 2.45) is 18.9 Å². The third kappa shape index (κ3) is 3.02. The summed E-state index contributed by atoms with van der Waals surface area (Å²) in [5, 5.41) is 8.30. The van der Waals surface area contributed by atoms with Gasteiger partial charge in [0.05, 0.1) is 5.69 Å². The average molecular weight is 263 g/mol. The molecule has 1 aromatic heterocycles.